The third kappa shape index (κ3) is 83.5. The summed E-state index contributed by atoms with van der Waals surface area (Å²) in [5.74, 6) is 1.44. The molecule has 0 bridgehead atoms. The number of aliphatic hydroxyl groups excluding tert-OH is 5. The molecule has 0 aliphatic carbocycles. The molecule has 0 unspecified atom stereocenters. The van der Waals surface area contributed by atoms with Crippen molar-refractivity contribution in [3.05, 3.63) is 59.2 Å². The van der Waals surface area contributed by atoms with Gasteiger partial charge in [-0.3, -0.25) is 24.0 Å². The molecule has 0 saturated heterocycles. The minimum absolute atomic E-state index is 0. The molecule has 5 N–H and O–H groups in total. The second-order valence-electron chi connectivity index (χ2n) is 16.2. The smallest absolute Gasteiger partial charge is 0.155 e. The first-order chi connectivity index (χ1) is 25.6. The maximum atomic E-state index is 10.7. The summed E-state index contributed by atoms with van der Waals surface area (Å²) in [7, 11) is 0. The Labute approximate surface area is 438 Å². The Bertz CT molecular complexity index is 1280. The fourth-order valence-corrected chi connectivity index (χ4v) is 3.99. The van der Waals surface area contributed by atoms with E-state index in [0.717, 1.165) is 19.3 Å². The number of rotatable bonds is 20. The van der Waals surface area contributed by atoms with E-state index in [1.807, 2.05) is 48.5 Å². The van der Waals surface area contributed by atoms with Gasteiger partial charge in [-0.15, -0.1) is 0 Å². The van der Waals surface area contributed by atoms with Gasteiger partial charge >= 0.3 is 0 Å². The molecule has 15 heteroatoms. The molecule has 0 rings (SSSR count). The molecule has 10 nitrogen and oxygen atoms in total. The van der Waals surface area contributed by atoms with Gasteiger partial charge in [0.1, 0.15) is 5.76 Å². The summed E-state index contributed by atoms with van der Waals surface area (Å²) in [6.45, 7) is 26.7. The second-order valence-corrected chi connectivity index (χ2v) is 16.2. The van der Waals surface area contributed by atoms with Crippen molar-refractivity contribution < 1.29 is 150 Å². The molecule has 0 fully saturated rings. The van der Waals surface area contributed by atoms with Crippen LogP contribution < -0.4 is 0 Å². The average molecular weight is 1760 g/mol. The van der Waals surface area contributed by atoms with E-state index in [9.17, 15) is 34.2 Å². The van der Waals surface area contributed by atoms with E-state index in [4.69, 9.17) is 15.3 Å². The topological polar surface area (TPSA) is 186 Å². The van der Waals surface area contributed by atoms with Gasteiger partial charge in [0.15, 0.2) is 28.9 Å². The van der Waals surface area contributed by atoms with Crippen LogP contribution in [0.1, 0.15) is 181 Å². The fraction of sp³-hybridized carbons (Fsp3) is 0.674. The zero-order valence-corrected chi connectivity index (χ0v) is 51.5. The Kier molecular flexibility index (Phi) is 73.7. The molecule has 61 heavy (non-hydrogen) atoms. The summed E-state index contributed by atoms with van der Waals surface area (Å²) < 4.78 is 0. The van der Waals surface area contributed by atoms with Crippen LogP contribution in [0.3, 0.4) is 0 Å². The summed E-state index contributed by atoms with van der Waals surface area (Å²) in [6, 6.07) is 0. The van der Waals surface area contributed by atoms with Crippen molar-refractivity contribution in [3.63, 3.8) is 0 Å². The van der Waals surface area contributed by atoms with Crippen LogP contribution in [0.4, 0.5) is 0 Å². The predicted molar refractivity (Wildman–Crippen MR) is 232 cm³/mol. The fourth-order valence-electron chi connectivity index (χ4n) is 3.99. The number of carbonyl (C=O) groups excluding carboxylic acids is 5. The van der Waals surface area contributed by atoms with Crippen molar-refractivity contribution in [2.45, 2.75) is 181 Å². The van der Waals surface area contributed by atoms with E-state index in [0.29, 0.717) is 31.1 Å². The minimum Gasteiger partial charge on any atom is -0.512 e. The van der Waals surface area contributed by atoms with Gasteiger partial charge in [0, 0.05) is 162 Å². The maximum Gasteiger partial charge on any atom is 0.155 e. The first kappa shape index (κ1) is 83.8. The monoisotopic (exact) mass is 1760 g/mol. The van der Waals surface area contributed by atoms with Gasteiger partial charge in [0.2, 0.25) is 0 Å². The third-order valence-electron chi connectivity index (χ3n) is 7.04. The van der Waals surface area contributed by atoms with E-state index in [2.05, 4.69) is 20.8 Å². The predicted octanol–water partition coefficient (Wildman–Crippen LogP) is 12.8. The molecule has 5 radical (unpaired) electrons. The van der Waals surface area contributed by atoms with Crippen molar-refractivity contribution >= 4 is 28.9 Å². The van der Waals surface area contributed by atoms with Crippen LogP contribution in [0, 0.1) is 23.2 Å². The van der Waals surface area contributed by atoms with Gasteiger partial charge in [-0.2, -0.15) is 0 Å². The molecular formula is C46H82Ir5O10. The van der Waals surface area contributed by atoms with Crippen LogP contribution in [0.5, 0.6) is 0 Å². The van der Waals surface area contributed by atoms with E-state index in [1.165, 1.54) is 104 Å². The number of unbranched alkanes of at least 4 members (excludes halogenated alkanes) is 7. The molecular weight excluding hydrogens is 1670 g/mol. The molecule has 0 amide bonds. The maximum absolute atomic E-state index is 10.7. The number of aliphatic hydroxyl groups is 5. The second kappa shape index (κ2) is 53.6. The number of hydrogen-bond acceptors (Lipinski definition) is 10. The molecule has 0 saturated carbocycles. The molecule has 0 aliphatic rings. The zero-order chi connectivity index (χ0) is 45.0. The van der Waals surface area contributed by atoms with Gasteiger partial charge in [-0.1, -0.05) is 114 Å². The van der Waals surface area contributed by atoms with Gasteiger partial charge in [-0.25, -0.2) is 0 Å². The van der Waals surface area contributed by atoms with Crippen LogP contribution in [0.2, 0.25) is 0 Å². The van der Waals surface area contributed by atoms with Crippen LogP contribution in [0.15, 0.2) is 59.2 Å². The Hall–Kier alpha value is -0.703. The van der Waals surface area contributed by atoms with Gasteiger partial charge in [0.25, 0.3) is 0 Å². The summed E-state index contributed by atoms with van der Waals surface area (Å²) in [5, 5.41) is 45.6. The normalized spacial score (nSPS) is 11.3. The van der Waals surface area contributed by atoms with Crippen molar-refractivity contribution in [2.24, 2.45) is 23.2 Å². The molecule has 0 aliphatic heterocycles. The standard InChI is InChI=1S/C14H26O2.C9H16O2.2C8H14O2.C7H12O2.5Ir/c1-3-4-5-6-7-8-9-10-11-14(16)12-13(2)15;1-7(2)4-5-9(11)6-8(3)10;1-6(9)5-7(10)8(2,3)4;1-6(2)4-8(10)5-7(3)9;1-5(2)7(9)4-6(3)8;;;;;/h12,16H,3-11H2,1-2H3;6-7,11H,4-5H2,1-3H3;5,10H,1-4H3;5-6,10H,4H2,1-3H3;4-5,9H,1-3H3;;;;;. The van der Waals surface area contributed by atoms with E-state index in [-0.39, 0.29) is 170 Å². The molecule has 0 spiro atoms. The number of allylic oxidation sites excluding steroid dienone is 10. The van der Waals surface area contributed by atoms with Crippen LogP contribution in [-0.4, -0.2) is 54.4 Å². The van der Waals surface area contributed by atoms with E-state index < -0.39 is 0 Å². The largest absolute Gasteiger partial charge is 0.512 e. The van der Waals surface area contributed by atoms with E-state index in [1.54, 1.807) is 0 Å². The zero-order valence-electron chi connectivity index (χ0n) is 39.5. The summed E-state index contributed by atoms with van der Waals surface area (Å²) >= 11 is 0. The van der Waals surface area contributed by atoms with Crippen molar-refractivity contribution in [3.8, 4) is 0 Å². The van der Waals surface area contributed by atoms with Crippen molar-refractivity contribution in [1.29, 1.82) is 0 Å². The molecule has 0 aromatic rings. The average Bonchev–Trinajstić information content (AvgIpc) is 3.00. The van der Waals surface area contributed by atoms with Crippen molar-refractivity contribution in [2.75, 3.05) is 0 Å². The van der Waals surface area contributed by atoms with Crippen LogP contribution in [0.25, 0.3) is 0 Å². The first-order valence-electron chi connectivity index (χ1n) is 20.1. The SMILES string of the molecule is CC(=O)C=C(O)C(C)(C)C.CC(=O)C=C(O)C(C)C.CC(=O)C=C(O)CC(C)C.CC(=O)C=C(O)CCC(C)C.CCCCCCCCCCC(O)=CC(C)=O.[Ir].[Ir].[Ir].[Ir].[Ir]. The van der Waals surface area contributed by atoms with Crippen LogP contribution in [-0.2, 0) is 124 Å². The quantitative estimate of drug-likeness (QED) is 0.0446. The molecule has 0 aromatic carbocycles. The summed E-state index contributed by atoms with van der Waals surface area (Å²) in [6.07, 6.45) is 19.1. The molecule has 0 heterocycles. The summed E-state index contributed by atoms with van der Waals surface area (Å²) in [5.41, 5.74) is -0.314. The van der Waals surface area contributed by atoms with Crippen molar-refractivity contribution in [1.82, 2.24) is 0 Å². The molecule has 0 aromatic heterocycles. The van der Waals surface area contributed by atoms with E-state index >= 15 is 0 Å². The minimum atomic E-state index is -0.314. The number of hydrogen-bond donors (Lipinski definition) is 5. The van der Waals surface area contributed by atoms with Gasteiger partial charge < -0.3 is 25.5 Å². The number of carbonyl (C=O) groups is 5. The number of ketones is 5. The van der Waals surface area contributed by atoms with Gasteiger partial charge in [-0.05, 0) is 59.3 Å². The Balaban J connectivity index is -0.0000000663. The Morgan fingerprint density at radius 1 is 0.459 bits per heavy atom. The first-order valence-corrected chi connectivity index (χ1v) is 20.1. The Morgan fingerprint density at radius 3 is 1.05 bits per heavy atom. The molecule has 371 valence electrons. The molecule has 0 atom stereocenters. The summed E-state index contributed by atoms with van der Waals surface area (Å²) in [4.78, 5) is 52.3. The third-order valence-corrected chi connectivity index (χ3v) is 7.04. The Morgan fingerprint density at radius 2 is 0.787 bits per heavy atom. The van der Waals surface area contributed by atoms with Crippen LogP contribution >= 0.6 is 0 Å². The van der Waals surface area contributed by atoms with Gasteiger partial charge in [0.05, 0.1) is 23.0 Å².